The van der Waals surface area contributed by atoms with Gasteiger partial charge in [-0.1, -0.05) is 6.58 Å². The molecule has 0 aliphatic rings. The number of aryl methyl sites for hydroxylation is 1. The Morgan fingerprint density at radius 3 is 2.35 bits per heavy atom. The standard InChI is InChI=1S/C19H19N5O2/c1-13(2)17-12-18(24(3)23-17)22-19(25)21-14-4-6-15(7-5-14)26-16-8-10-20-11-9-16/h4-12H,1H2,2-3H3,(H2,21,22,25). The largest absolute Gasteiger partial charge is 0.457 e. The van der Waals surface area contributed by atoms with E-state index < -0.39 is 0 Å². The van der Waals surface area contributed by atoms with Crippen molar-refractivity contribution in [2.24, 2.45) is 7.05 Å². The van der Waals surface area contributed by atoms with Gasteiger partial charge in [-0.3, -0.25) is 15.0 Å². The van der Waals surface area contributed by atoms with E-state index in [2.05, 4.69) is 27.3 Å². The van der Waals surface area contributed by atoms with Crippen molar-refractivity contribution in [1.29, 1.82) is 0 Å². The van der Waals surface area contributed by atoms with Gasteiger partial charge in [0.05, 0.1) is 5.69 Å². The highest BCUT2D eigenvalue weighted by molar-refractivity contribution is 5.99. The minimum atomic E-state index is -0.357. The van der Waals surface area contributed by atoms with Crippen molar-refractivity contribution >= 4 is 23.1 Å². The van der Waals surface area contributed by atoms with Crippen LogP contribution in [0.4, 0.5) is 16.3 Å². The molecule has 7 nitrogen and oxygen atoms in total. The van der Waals surface area contributed by atoms with Gasteiger partial charge in [-0.05, 0) is 48.9 Å². The molecule has 0 aliphatic carbocycles. The van der Waals surface area contributed by atoms with Crippen molar-refractivity contribution < 1.29 is 9.53 Å². The Balaban J connectivity index is 1.60. The number of aromatic nitrogens is 3. The van der Waals surface area contributed by atoms with E-state index in [1.54, 1.807) is 66.6 Å². The molecule has 2 aromatic heterocycles. The minimum Gasteiger partial charge on any atom is -0.457 e. The number of rotatable bonds is 5. The number of hydrogen-bond donors (Lipinski definition) is 2. The minimum absolute atomic E-state index is 0.357. The van der Waals surface area contributed by atoms with Gasteiger partial charge in [-0.2, -0.15) is 5.10 Å². The Bertz CT molecular complexity index is 917. The zero-order chi connectivity index (χ0) is 18.5. The van der Waals surface area contributed by atoms with Gasteiger partial charge in [0.1, 0.15) is 17.3 Å². The van der Waals surface area contributed by atoms with Crippen LogP contribution < -0.4 is 15.4 Å². The van der Waals surface area contributed by atoms with Crippen LogP contribution in [0.25, 0.3) is 5.57 Å². The third kappa shape index (κ3) is 4.27. The second-order valence-electron chi connectivity index (χ2n) is 5.71. The topological polar surface area (TPSA) is 81.1 Å². The molecule has 0 saturated heterocycles. The third-order valence-corrected chi connectivity index (χ3v) is 3.56. The summed E-state index contributed by atoms with van der Waals surface area (Å²) in [6.07, 6.45) is 3.32. The number of hydrogen-bond acceptors (Lipinski definition) is 4. The van der Waals surface area contributed by atoms with Crippen molar-refractivity contribution in [2.75, 3.05) is 10.6 Å². The molecule has 3 aromatic rings. The predicted octanol–water partition coefficient (Wildman–Crippen LogP) is 4.28. The van der Waals surface area contributed by atoms with E-state index in [0.717, 1.165) is 11.3 Å². The van der Waals surface area contributed by atoms with Crippen LogP contribution in [0.15, 0.2) is 61.4 Å². The van der Waals surface area contributed by atoms with Crippen molar-refractivity contribution in [2.45, 2.75) is 6.92 Å². The number of allylic oxidation sites excluding steroid dienone is 1. The molecule has 0 unspecified atom stereocenters. The first kappa shape index (κ1) is 17.2. The molecule has 2 heterocycles. The van der Waals surface area contributed by atoms with Crippen LogP contribution in [-0.4, -0.2) is 20.8 Å². The summed E-state index contributed by atoms with van der Waals surface area (Å²) in [5.74, 6) is 1.95. The Kier molecular flexibility index (Phi) is 4.98. The van der Waals surface area contributed by atoms with Crippen LogP contribution >= 0.6 is 0 Å². The fourth-order valence-corrected chi connectivity index (χ4v) is 2.22. The fourth-order valence-electron chi connectivity index (χ4n) is 2.22. The average molecular weight is 349 g/mol. The van der Waals surface area contributed by atoms with Crippen molar-refractivity contribution in [1.82, 2.24) is 14.8 Å². The number of nitrogens with zero attached hydrogens (tertiary/aromatic N) is 3. The molecule has 132 valence electrons. The van der Waals surface area contributed by atoms with E-state index in [9.17, 15) is 4.79 Å². The lowest BCUT2D eigenvalue weighted by Crippen LogP contribution is -2.20. The molecule has 7 heteroatoms. The normalized spacial score (nSPS) is 10.2. The maximum Gasteiger partial charge on any atom is 0.324 e. The summed E-state index contributed by atoms with van der Waals surface area (Å²) in [6, 6.07) is 12.0. The molecule has 0 radical (unpaired) electrons. The van der Waals surface area contributed by atoms with E-state index in [1.807, 2.05) is 6.92 Å². The molecule has 3 rings (SSSR count). The number of carbonyl (C=O) groups is 1. The fraction of sp³-hybridized carbons (Fsp3) is 0.105. The highest BCUT2D eigenvalue weighted by atomic mass is 16.5. The first-order valence-corrected chi connectivity index (χ1v) is 7.97. The van der Waals surface area contributed by atoms with E-state index in [1.165, 1.54) is 0 Å². The summed E-state index contributed by atoms with van der Waals surface area (Å²) < 4.78 is 7.28. The van der Waals surface area contributed by atoms with Gasteiger partial charge in [0.2, 0.25) is 0 Å². The highest BCUT2D eigenvalue weighted by Gasteiger charge is 2.09. The van der Waals surface area contributed by atoms with Crippen molar-refractivity contribution in [3.63, 3.8) is 0 Å². The predicted molar refractivity (Wildman–Crippen MR) is 101 cm³/mol. The zero-order valence-corrected chi connectivity index (χ0v) is 14.6. The maximum absolute atomic E-state index is 12.2. The van der Waals surface area contributed by atoms with Crippen LogP contribution in [0.1, 0.15) is 12.6 Å². The molecule has 26 heavy (non-hydrogen) atoms. The Labute approximate surface area is 151 Å². The summed E-state index contributed by atoms with van der Waals surface area (Å²) in [5.41, 5.74) is 2.21. The highest BCUT2D eigenvalue weighted by Crippen LogP contribution is 2.22. The lowest BCUT2D eigenvalue weighted by atomic mass is 10.2. The number of carbonyl (C=O) groups excluding carboxylic acids is 1. The molecule has 2 N–H and O–H groups in total. The molecule has 0 atom stereocenters. The summed E-state index contributed by atoms with van der Waals surface area (Å²) in [6.45, 7) is 5.71. The second-order valence-corrected chi connectivity index (χ2v) is 5.71. The van der Waals surface area contributed by atoms with Crippen LogP contribution in [0.2, 0.25) is 0 Å². The lowest BCUT2D eigenvalue weighted by Gasteiger charge is -2.09. The molecular formula is C19H19N5O2. The van der Waals surface area contributed by atoms with E-state index in [0.29, 0.717) is 23.0 Å². The summed E-state index contributed by atoms with van der Waals surface area (Å²) in [7, 11) is 1.76. The van der Waals surface area contributed by atoms with Gasteiger partial charge in [-0.25, -0.2) is 4.79 Å². The zero-order valence-electron chi connectivity index (χ0n) is 14.6. The van der Waals surface area contributed by atoms with Gasteiger partial charge in [-0.15, -0.1) is 0 Å². The number of benzene rings is 1. The van der Waals surface area contributed by atoms with Crippen LogP contribution in [0.5, 0.6) is 11.5 Å². The number of nitrogens with one attached hydrogen (secondary N) is 2. The molecule has 0 aliphatic heterocycles. The van der Waals surface area contributed by atoms with E-state index in [-0.39, 0.29) is 6.03 Å². The number of urea groups is 1. The van der Waals surface area contributed by atoms with Gasteiger partial charge in [0.15, 0.2) is 0 Å². The molecule has 2 amide bonds. The first-order chi connectivity index (χ1) is 12.5. The smallest absolute Gasteiger partial charge is 0.324 e. The van der Waals surface area contributed by atoms with Gasteiger partial charge >= 0.3 is 6.03 Å². The average Bonchev–Trinajstić information content (AvgIpc) is 2.98. The van der Waals surface area contributed by atoms with Gasteiger partial charge < -0.3 is 10.1 Å². The Morgan fingerprint density at radius 1 is 1.08 bits per heavy atom. The van der Waals surface area contributed by atoms with Gasteiger partial charge in [0, 0.05) is 31.2 Å². The van der Waals surface area contributed by atoms with E-state index >= 15 is 0 Å². The molecule has 0 spiro atoms. The molecule has 0 fully saturated rings. The third-order valence-electron chi connectivity index (χ3n) is 3.56. The summed E-state index contributed by atoms with van der Waals surface area (Å²) >= 11 is 0. The Hall–Kier alpha value is -3.61. The monoisotopic (exact) mass is 349 g/mol. The molecule has 0 bridgehead atoms. The molecule has 0 saturated carbocycles. The van der Waals surface area contributed by atoms with E-state index in [4.69, 9.17) is 4.74 Å². The van der Waals surface area contributed by atoms with Gasteiger partial charge in [0.25, 0.3) is 0 Å². The SMILES string of the molecule is C=C(C)c1cc(NC(=O)Nc2ccc(Oc3ccncc3)cc2)n(C)n1. The lowest BCUT2D eigenvalue weighted by molar-refractivity contribution is 0.262. The maximum atomic E-state index is 12.2. The summed E-state index contributed by atoms with van der Waals surface area (Å²) in [5, 5.41) is 9.80. The van der Waals surface area contributed by atoms with Crippen LogP contribution in [0.3, 0.4) is 0 Å². The quantitative estimate of drug-likeness (QED) is 0.720. The number of amides is 2. The van der Waals surface area contributed by atoms with Crippen molar-refractivity contribution in [3.05, 3.63) is 67.1 Å². The molecule has 1 aromatic carbocycles. The molecular weight excluding hydrogens is 330 g/mol. The van der Waals surface area contributed by atoms with Crippen LogP contribution in [0, 0.1) is 0 Å². The second kappa shape index (κ2) is 7.52. The first-order valence-electron chi connectivity index (χ1n) is 7.97. The number of anilines is 2. The Morgan fingerprint density at radius 2 is 1.73 bits per heavy atom. The van der Waals surface area contributed by atoms with Crippen molar-refractivity contribution in [3.8, 4) is 11.5 Å². The summed E-state index contributed by atoms with van der Waals surface area (Å²) in [4.78, 5) is 16.1. The number of ether oxygens (including phenoxy) is 1. The van der Waals surface area contributed by atoms with Crippen LogP contribution in [-0.2, 0) is 7.05 Å². The number of pyridine rings is 1.